The lowest BCUT2D eigenvalue weighted by atomic mass is 9.77. The highest BCUT2D eigenvalue weighted by Gasteiger charge is 2.41. The van der Waals surface area contributed by atoms with Crippen molar-refractivity contribution in [3.8, 4) is 5.75 Å². The van der Waals surface area contributed by atoms with E-state index in [9.17, 15) is 9.59 Å². The van der Waals surface area contributed by atoms with Crippen LogP contribution in [0.5, 0.6) is 5.75 Å². The fourth-order valence-corrected chi connectivity index (χ4v) is 5.47. The number of aryl methyl sites for hydroxylation is 2. The minimum Gasteiger partial charge on any atom is -0.493 e. The third kappa shape index (κ3) is 6.57. The Hall–Kier alpha value is -2.54. The third-order valence-corrected chi connectivity index (χ3v) is 7.77. The van der Waals surface area contributed by atoms with Crippen molar-refractivity contribution in [2.75, 3.05) is 32.8 Å². The van der Waals surface area contributed by atoms with Crippen molar-refractivity contribution in [2.45, 2.75) is 58.3 Å². The number of benzene rings is 1. The van der Waals surface area contributed by atoms with Gasteiger partial charge in [-0.25, -0.2) is 0 Å². The first kappa shape index (κ1) is 25.5. The number of aromatic nitrogens is 2. The van der Waals surface area contributed by atoms with Gasteiger partial charge in [0.2, 0.25) is 11.8 Å². The average Bonchev–Trinajstić information content (AvgIpc) is 3.19. The molecule has 2 aliphatic heterocycles. The van der Waals surface area contributed by atoms with Gasteiger partial charge in [-0.1, -0.05) is 17.7 Å². The summed E-state index contributed by atoms with van der Waals surface area (Å²) in [6.07, 6.45) is 8.41. The highest BCUT2D eigenvalue weighted by Crippen LogP contribution is 2.36. The molecule has 0 saturated carbocycles. The lowest BCUT2D eigenvalue weighted by molar-refractivity contribution is -0.142. The summed E-state index contributed by atoms with van der Waals surface area (Å²) in [6.45, 7) is 5.34. The topological polar surface area (TPSA) is 67.7 Å². The molecule has 2 fully saturated rings. The van der Waals surface area contributed by atoms with Gasteiger partial charge in [0.25, 0.3) is 0 Å². The fraction of sp³-hybridized carbons (Fsp3) is 0.593. The molecule has 0 radical (unpaired) electrons. The molecular weight excluding hydrogens is 464 g/mol. The summed E-state index contributed by atoms with van der Waals surface area (Å²) in [7, 11) is 1.92. The molecule has 2 aromatic rings. The second-order valence-corrected chi connectivity index (χ2v) is 10.6. The Morgan fingerprint density at radius 3 is 2.57 bits per heavy atom. The first-order valence-electron chi connectivity index (χ1n) is 12.8. The SMILES string of the molecule is Cc1c(CCC(=O)N2CCC[C@@](COc3cccc(Cl)c3)(CC(=O)N3CCCCC3)C2)cnn1C. The molecule has 1 aromatic heterocycles. The summed E-state index contributed by atoms with van der Waals surface area (Å²) in [5, 5.41) is 4.91. The number of likely N-dealkylation sites (tertiary alicyclic amines) is 2. The van der Waals surface area contributed by atoms with Gasteiger partial charge in [-0.05, 0) is 69.2 Å². The van der Waals surface area contributed by atoms with Crippen molar-refractivity contribution in [2.24, 2.45) is 12.5 Å². The molecule has 1 aromatic carbocycles. The zero-order chi connectivity index (χ0) is 24.8. The third-order valence-electron chi connectivity index (χ3n) is 7.54. The number of carbonyl (C=O) groups excluding carboxylic acids is 2. The van der Waals surface area contributed by atoms with Crippen LogP contribution in [0.25, 0.3) is 0 Å². The van der Waals surface area contributed by atoms with Crippen molar-refractivity contribution in [3.63, 3.8) is 0 Å². The van der Waals surface area contributed by atoms with E-state index in [1.165, 1.54) is 6.42 Å². The molecule has 2 aliphatic rings. The summed E-state index contributed by atoms with van der Waals surface area (Å²) in [6, 6.07) is 7.35. The molecule has 2 saturated heterocycles. The van der Waals surface area contributed by atoms with Gasteiger partial charge in [0, 0.05) is 62.2 Å². The maximum atomic E-state index is 13.3. The molecule has 35 heavy (non-hydrogen) atoms. The molecule has 2 amide bonds. The van der Waals surface area contributed by atoms with Gasteiger partial charge in [0.15, 0.2) is 0 Å². The molecule has 0 unspecified atom stereocenters. The number of halogens is 1. The number of hydrogen-bond donors (Lipinski definition) is 0. The minimum absolute atomic E-state index is 0.130. The average molecular weight is 501 g/mol. The van der Waals surface area contributed by atoms with E-state index < -0.39 is 5.41 Å². The summed E-state index contributed by atoms with van der Waals surface area (Å²) in [5.41, 5.74) is 1.79. The molecule has 0 aliphatic carbocycles. The highest BCUT2D eigenvalue weighted by molar-refractivity contribution is 6.30. The Labute approximate surface area is 213 Å². The van der Waals surface area contributed by atoms with Gasteiger partial charge in [-0.15, -0.1) is 0 Å². The van der Waals surface area contributed by atoms with E-state index in [2.05, 4.69) is 5.10 Å². The number of ether oxygens (including phenoxy) is 1. The highest BCUT2D eigenvalue weighted by atomic mass is 35.5. The Bertz CT molecular complexity index is 1030. The summed E-state index contributed by atoms with van der Waals surface area (Å²) >= 11 is 6.15. The molecule has 4 rings (SSSR count). The van der Waals surface area contributed by atoms with E-state index in [4.69, 9.17) is 16.3 Å². The van der Waals surface area contributed by atoms with Crippen LogP contribution in [0, 0.1) is 12.3 Å². The molecule has 1 atom stereocenters. The maximum absolute atomic E-state index is 13.3. The smallest absolute Gasteiger partial charge is 0.223 e. The molecule has 190 valence electrons. The van der Waals surface area contributed by atoms with Crippen molar-refractivity contribution < 1.29 is 14.3 Å². The zero-order valence-corrected chi connectivity index (χ0v) is 21.7. The van der Waals surface area contributed by atoms with Crippen LogP contribution in [-0.4, -0.2) is 64.2 Å². The molecule has 0 bridgehead atoms. The Morgan fingerprint density at radius 1 is 1.09 bits per heavy atom. The maximum Gasteiger partial charge on any atom is 0.223 e. The van der Waals surface area contributed by atoms with E-state index in [1.54, 1.807) is 6.07 Å². The Kier molecular flexibility index (Phi) is 8.37. The van der Waals surface area contributed by atoms with Crippen LogP contribution >= 0.6 is 11.6 Å². The Balaban J connectivity index is 1.45. The zero-order valence-electron chi connectivity index (χ0n) is 21.0. The second-order valence-electron chi connectivity index (χ2n) is 10.2. The van der Waals surface area contributed by atoms with Gasteiger partial charge in [0.05, 0.1) is 12.8 Å². The number of amides is 2. The quantitative estimate of drug-likeness (QED) is 0.538. The molecule has 3 heterocycles. The van der Waals surface area contributed by atoms with Crippen LogP contribution in [0.2, 0.25) is 5.02 Å². The molecule has 8 heteroatoms. The van der Waals surface area contributed by atoms with Gasteiger partial charge in [0.1, 0.15) is 5.75 Å². The number of rotatable bonds is 8. The molecule has 0 N–H and O–H groups in total. The second kappa shape index (κ2) is 11.5. The number of nitrogens with zero attached hydrogens (tertiary/aromatic N) is 4. The van der Waals surface area contributed by atoms with Gasteiger partial charge < -0.3 is 14.5 Å². The fourth-order valence-electron chi connectivity index (χ4n) is 5.29. The Morgan fingerprint density at radius 2 is 1.86 bits per heavy atom. The van der Waals surface area contributed by atoms with Crippen LogP contribution in [0.15, 0.2) is 30.5 Å². The largest absolute Gasteiger partial charge is 0.493 e. The van der Waals surface area contributed by atoms with Gasteiger partial charge in [-0.3, -0.25) is 14.3 Å². The lowest BCUT2D eigenvalue weighted by Crippen LogP contribution is -2.51. The van der Waals surface area contributed by atoms with Crippen molar-refractivity contribution >= 4 is 23.4 Å². The van der Waals surface area contributed by atoms with E-state index in [-0.39, 0.29) is 11.8 Å². The molecular formula is C27H37ClN4O3. The van der Waals surface area contributed by atoms with E-state index >= 15 is 0 Å². The van der Waals surface area contributed by atoms with E-state index in [0.29, 0.717) is 43.2 Å². The van der Waals surface area contributed by atoms with Crippen molar-refractivity contribution in [1.82, 2.24) is 19.6 Å². The predicted molar refractivity (Wildman–Crippen MR) is 137 cm³/mol. The van der Waals surface area contributed by atoms with Gasteiger partial charge in [-0.2, -0.15) is 5.10 Å². The number of carbonyl (C=O) groups is 2. The molecule has 0 spiro atoms. The number of piperidine rings is 2. The van der Waals surface area contributed by atoms with Gasteiger partial charge >= 0.3 is 0 Å². The van der Waals surface area contributed by atoms with Crippen LogP contribution in [0.3, 0.4) is 0 Å². The predicted octanol–water partition coefficient (Wildman–Crippen LogP) is 4.40. The summed E-state index contributed by atoms with van der Waals surface area (Å²) < 4.78 is 8.03. The van der Waals surface area contributed by atoms with Crippen molar-refractivity contribution in [3.05, 3.63) is 46.7 Å². The summed E-state index contributed by atoms with van der Waals surface area (Å²) in [4.78, 5) is 30.5. The first-order chi connectivity index (χ1) is 16.8. The minimum atomic E-state index is -0.408. The van der Waals surface area contributed by atoms with Crippen LogP contribution in [0.4, 0.5) is 0 Å². The van der Waals surface area contributed by atoms with Crippen LogP contribution < -0.4 is 4.74 Å². The van der Waals surface area contributed by atoms with Crippen LogP contribution in [-0.2, 0) is 23.1 Å². The molecule has 7 nitrogen and oxygen atoms in total. The van der Waals surface area contributed by atoms with Crippen molar-refractivity contribution in [1.29, 1.82) is 0 Å². The monoisotopic (exact) mass is 500 g/mol. The van der Waals surface area contributed by atoms with E-state index in [1.807, 2.05) is 52.8 Å². The van der Waals surface area contributed by atoms with Crippen LogP contribution in [0.1, 0.15) is 56.2 Å². The first-order valence-corrected chi connectivity index (χ1v) is 13.1. The number of hydrogen-bond acceptors (Lipinski definition) is 4. The summed E-state index contributed by atoms with van der Waals surface area (Å²) in [5.74, 6) is 1.00. The standard InChI is InChI=1S/C27H37ClN4O3/c1-21-22(18-29-30(21)2)10-11-25(33)32-15-7-12-27(19-32,17-26(34)31-13-4-3-5-14-31)20-35-24-9-6-8-23(28)16-24/h6,8-9,16,18H,3-5,7,10-15,17,19-20H2,1-2H3/t27-/m1/s1. The normalized spacial score (nSPS) is 20.7. The van der Waals surface area contributed by atoms with E-state index in [0.717, 1.165) is 56.6 Å². The lowest BCUT2D eigenvalue weighted by Gasteiger charge is -2.43.